The normalized spacial score (nSPS) is 12.3. The summed E-state index contributed by atoms with van der Waals surface area (Å²) in [6.45, 7) is 13.8. The predicted molar refractivity (Wildman–Crippen MR) is 69.2 cm³/mol. The molecule has 109 valence electrons. The summed E-state index contributed by atoms with van der Waals surface area (Å²) in [5.41, 5.74) is 0. The summed E-state index contributed by atoms with van der Waals surface area (Å²) in [4.78, 5) is 0. The minimum absolute atomic E-state index is 0.0113. The van der Waals surface area contributed by atoms with E-state index >= 15 is 0 Å². The van der Waals surface area contributed by atoms with Gasteiger partial charge in [0.25, 0.3) is 0 Å². The molecule has 0 rings (SSSR count). The molecule has 18 heavy (non-hydrogen) atoms. The monoisotopic (exact) mass is 263 g/mol. The summed E-state index contributed by atoms with van der Waals surface area (Å²) < 4.78 is 27.4. The Hall–Kier alpha value is -0.200. The first kappa shape index (κ1) is 17.8. The van der Waals surface area contributed by atoms with E-state index < -0.39 is 5.97 Å². The van der Waals surface area contributed by atoms with E-state index in [-0.39, 0.29) is 12.7 Å². The van der Waals surface area contributed by atoms with Crippen LogP contribution in [0.4, 0.5) is 0 Å². The molecule has 0 aromatic heterocycles. The van der Waals surface area contributed by atoms with Crippen molar-refractivity contribution in [3.8, 4) is 0 Å². The van der Waals surface area contributed by atoms with Crippen LogP contribution in [-0.2, 0) is 23.7 Å². The van der Waals surface area contributed by atoms with Crippen molar-refractivity contribution >= 4 is 0 Å². The molecular formula is C13H27O5. The molecule has 0 unspecified atom stereocenters. The zero-order chi connectivity index (χ0) is 13.9. The van der Waals surface area contributed by atoms with Gasteiger partial charge < -0.3 is 23.7 Å². The summed E-state index contributed by atoms with van der Waals surface area (Å²) in [5, 5.41) is 0. The van der Waals surface area contributed by atoms with E-state index in [0.29, 0.717) is 33.0 Å². The second kappa shape index (κ2) is 10.7. The highest BCUT2D eigenvalue weighted by Gasteiger charge is 2.34. The van der Waals surface area contributed by atoms with Gasteiger partial charge in [0.15, 0.2) is 0 Å². The van der Waals surface area contributed by atoms with Crippen molar-refractivity contribution in [2.45, 2.75) is 39.8 Å². The van der Waals surface area contributed by atoms with Gasteiger partial charge in [0.05, 0.1) is 19.3 Å². The lowest BCUT2D eigenvalue weighted by atomic mass is 10.4. The maximum Gasteiger partial charge on any atom is 0.308 e. The third kappa shape index (κ3) is 8.00. The third-order valence-electron chi connectivity index (χ3n) is 1.94. The average Bonchev–Trinajstić information content (AvgIpc) is 2.28. The first-order valence-corrected chi connectivity index (χ1v) is 6.50. The summed E-state index contributed by atoms with van der Waals surface area (Å²) >= 11 is 0. The second-order valence-corrected chi connectivity index (χ2v) is 3.88. The molecule has 0 heterocycles. The predicted octanol–water partition coefficient (Wildman–Crippen LogP) is 2.01. The highest BCUT2D eigenvalue weighted by atomic mass is 16.9. The highest BCUT2D eigenvalue weighted by molar-refractivity contribution is 4.59. The van der Waals surface area contributed by atoms with Gasteiger partial charge in [-0.3, -0.25) is 0 Å². The van der Waals surface area contributed by atoms with E-state index in [0.717, 1.165) is 0 Å². The Morgan fingerprint density at radius 1 is 1.00 bits per heavy atom. The molecule has 0 aliphatic heterocycles. The molecule has 0 fully saturated rings. The average molecular weight is 263 g/mol. The van der Waals surface area contributed by atoms with Crippen molar-refractivity contribution in [2.75, 3.05) is 39.6 Å². The highest BCUT2D eigenvalue weighted by Crippen LogP contribution is 2.18. The fourth-order valence-corrected chi connectivity index (χ4v) is 1.44. The smallest absolute Gasteiger partial charge is 0.308 e. The SMILES string of the molecule is [CH2]COCCOCC(OCC)(OCC)OC(C)C. The van der Waals surface area contributed by atoms with Crippen LogP contribution in [0.15, 0.2) is 0 Å². The lowest BCUT2D eigenvalue weighted by Gasteiger charge is -2.33. The Labute approximate surface area is 111 Å². The van der Waals surface area contributed by atoms with Crippen molar-refractivity contribution < 1.29 is 23.7 Å². The zero-order valence-corrected chi connectivity index (χ0v) is 12.1. The van der Waals surface area contributed by atoms with Crippen LogP contribution in [0.1, 0.15) is 27.7 Å². The maximum absolute atomic E-state index is 5.70. The van der Waals surface area contributed by atoms with Gasteiger partial charge in [-0.15, -0.1) is 0 Å². The molecule has 0 aliphatic carbocycles. The van der Waals surface area contributed by atoms with Gasteiger partial charge in [-0.2, -0.15) is 0 Å². The van der Waals surface area contributed by atoms with E-state index in [9.17, 15) is 0 Å². The fraction of sp³-hybridized carbons (Fsp3) is 0.923. The van der Waals surface area contributed by atoms with Crippen LogP contribution in [0.5, 0.6) is 0 Å². The molecular weight excluding hydrogens is 236 g/mol. The topological polar surface area (TPSA) is 46.2 Å². The van der Waals surface area contributed by atoms with Crippen molar-refractivity contribution in [2.24, 2.45) is 0 Å². The van der Waals surface area contributed by atoms with Gasteiger partial charge in [-0.1, -0.05) is 0 Å². The molecule has 5 nitrogen and oxygen atoms in total. The molecule has 0 amide bonds. The van der Waals surface area contributed by atoms with Crippen LogP contribution < -0.4 is 0 Å². The summed E-state index contributed by atoms with van der Waals surface area (Å²) in [6.07, 6.45) is -0.0113. The Kier molecular flexibility index (Phi) is 10.6. The van der Waals surface area contributed by atoms with Gasteiger partial charge in [-0.25, -0.2) is 0 Å². The van der Waals surface area contributed by atoms with Gasteiger partial charge in [0.1, 0.15) is 6.61 Å². The molecule has 0 N–H and O–H groups in total. The van der Waals surface area contributed by atoms with Crippen molar-refractivity contribution in [1.82, 2.24) is 0 Å². The lowest BCUT2D eigenvalue weighted by Crippen LogP contribution is -2.46. The molecule has 0 spiro atoms. The Morgan fingerprint density at radius 3 is 2.00 bits per heavy atom. The van der Waals surface area contributed by atoms with Crippen molar-refractivity contribution in [3.05, 3.63) is 6.92 Å². The Morgan fingerprint density at radius 2 is 1.56 bits per heavy atom. The molecule has 0 aromatic rings. The van der Waals surface area contributed by atoms with E-state index in [4.69, 9.17) is 23.7 Å². The van der Waals surface area contributed by atoms with Crippen LogP contribution >= 0.6 is 0 Å². The van der Waals surface area contributed by atoms with Crippen LogP contribution in [-0.4, -0.2) is 51.7 Å². The minimum Gasteiger partial charge on any atom is -0.379 e. The van der Waals surface area contributed by atoms with Crippen molar-refractivity contribution in [1.29, 1.82) is 0 Å². The molecule has 1 radical (unpaired) electrons. The standard InChI is InChI=1S/C13H27O5/c1-6-14-9-10-15-11-13(16-7-2,17-8-3)18-12(4)5/h12H,1,6-11H2,2-5H3. The number of hydrogen-bond donors (Lipinski definition) is 0. The van der Waals surface area contributed by atoms with Crippen LogP contribution in [0.2, 0.25) is 0 Å². The molecule has 0 saturated heterocycles. The fourth-order valence-electron chi connectivity index (χ4n) is 1.44. The van der Waals surface area contributed by atoms with Crippen molar-refractivity contribution in [3.63, 3.8) is 0 Å². The molecule has 0 aromatic carbocycles. The van der Waals surface area contributed by atoms with Gasteiger partial charge >= 0.3 is 5.97 Å². The summed E-state index contributed by atoms with van der Waals surface area (Å²) in [6, 6.07) is 0. The zero-order valence-electron chi connectivity index (χ0n) is 12.1. The molecule has 0 atom stereocenters. The van der Waals surface area contributed by atoms with Gasteiger partial charge in [-0.05, 0) is 34.6 Å². The Balaban J connectivity index is 4.23. The van der Waals surface area contributed by atoms with Crippen LogP contribution in [0.3, 0.4) is 0 Å². The summed E-state index contributed by atoms with van der Waals surface area (Å²) in [5.74, 6) is -1.12. The molecule has 0 aliphatic rings. The first-order chi connectivity index (χ1) is 8.60. The Bertz CT molecular complexity index is 178. The first-order valence-electron chi connectivity index (χ1n) is 6.50. The number of hydrogen-bond acceptors (Lipinski definition) is 5. The lowest BCUT2D eigenvalue weighted by molar-refractivity contribution is -0.402. The third-order valence-corrected chi connectivity index (χ3v) is 1.94. The molecule has 5 heteroatoms. The van der Waals surface area contributed by atoms with Crippen LogP contribution in [0, 0.1) is 6.92 Å². The van der Waals surface area contributed by atoms with Gasteiger partial charge in [0.2, 0.25) is 0 Å². The van der Waals surface area contributed by atoms with E-state index in [1.165, 1.54) is 0 Å². The molecule has 0 bridgehead atoms. The van der Waals surface area contributed by atoms with E-state index in [1.54, 1.807) is 0 Å². The van der Waals surface area contributed by atoms with E-state index in [2.05, 4.69) is 6.92 Å². The second-order valence-electron chi connectivity index (χ2n) is 3.88. The molecule has 0 saturated carbocycles. The number of rotatable bonds is 12. The minimum atomic E-state index is -1.12. The van der Waals surface area contributed by atoms with Gasteiger partial charge in [0, 0.05) is 19.8 Å². The largest absolute Gasteiger partial charge is 0.379 e. The number of ether oxygens (including phenoxy) is 5. The van der Waals surface area contributed by atoms with E-state index in [1.807, 2.05) is 27.7 Å². The van der Waals surface area contributed by atoms with Crippen LogP contribution in [0.25, 0.3) is 0 Å². The maximum atomic E-state index is 5.70. The summed E-state index contributed by atoms with van der Waals surface area (Å²) in [7, 11) is 0. The quantitative estimate of drug-likeness (QED) is 0.398.